The molecule has 4 atom stereocenters. The highest BCUT2D eigenvalue weighted by Gasteiger charge is 2.77. The molecule has 6 nitrogen and oxygen atoms in total. The fraction of sp³-hybridized carbons (Fsp3) is 0.393. The first-order valence-electron chi connectivity index (χ1n) is 12.1. The fourth-order valence-corrected chi connectivity index (χ4v) is 7.47. The minimum atomic E-state index is -3.90. The number of fused-ring (bicyclic) bond motifs is 1. The lowest BCUT2D eigenvalue weighted by molar-refractivity contribution is -0.160. The third kappa shape index (κ3) is 3.51. The third-order valence-electron chi connectivity index (χ3n) is 7.65. The molecule has 2 aromatic rings. The molecule has 0 aliphatic carbocycles. The van der Waals surface area contributed by atoms with Crippen molar-refractivity contribution in [3.05, 3.63) is 90.0 Å². The molecular formula is C28H31NO5S. The van der Waals surface area contributed by atoms with Crippen molar-refractivity contribution in [2.45, 2.75) is 62.4 Å². The predicted octanol–water partition coefficient (Wildman–Crippen LogP) is 4.55. The number of ether oxygens (including phenoxy) is 2. The van der Waals surface area contributed by atoms with Gasteiger partial charge in [0.25, 0.3) is 0 Å². The minimum absolute atomic E-state index is 0.0507. The first-order chi connectivity index (χ1) is 16.8. The lowest BCUT2D eigenvalue weighted by Gasteiger charge is -2.37. The average molecular weight is 494 g/mol. The van der Waals surface area contributed by atoms with Crippen LogP contribution in [0.2, 0.25) is 0 Å². The van der Waals surface area contributed by atoms with Crippen molar-refractivity contribution in [2.24, 2.45) is 5.41 Å². The Kier molecular flexibility index (Phi) is 5.98. The molecule has 7 heteroatoms. The van der Waals surface area contributed by atoms with Gasteiger partial charge in [-0.05, 0) is 36.6 Å². The summed E-state index contributed by atoms with van der Waals surface area (Å²) in [4.78, 5) is 14.1. The number of nitrogens with zero attached hydrogens (tertiary/aromatic N) is 1. The van der Waals surface area contributed by atoms with E-state index in [0.29, 0.717) is 12.0 Å². The number of hydrogen-bond acceptors (Lipinski definition) is 5. The molecule has 2 saturated heterocycles. The van der Waals surface area contributed by atoms with Crippen molar-refractivity contribution < 1.29 is 22.7 Å². The van der Waals surface area contributed by atoms with Crippen LogP contribution < -0.4 is 0 Å². The van der Waals surface area contributed by atoms with E-state index in [1.165, 1.54) is 4.31 Å². The van der Waals surface area contributed by atoms with Crippen molar-refractivity contribution in [3.63, 3.8) is 0 Å². The lowest BCUT2D eigenvalue weighted by atomic mass is 9.65. The minimum Gasteiger partial charge on any atom is -0.460 e. The molecule has 3 heterocycles. The highest BCUT2D eigenvalue weighted by Crippen LogP contribution is 2.63. The van der Waals surface area contributed by atoms with Crippen molar-refractivity contribution >= 4 is 16.0 Å². The zero-order valence-corrected chi connectivity index (χ0v) is 21.0. The van der Waals surface area contributed by atoms with Crippen LogP contribution in [0.25, 0.3) is 0 Å². The molecule has 0 N–H and O–H groups in total. The molecule has 3 aliphatic heterocycles. The number of esters is 1. The SMILES string of the molecule is C=C1[C@@H]2C=C[C@]3(O2)[C@H](CCCC)N(S(=O)(=O)c2ccc(C)cc2)C[C@@]13C(=O)OCc1ccccc1. The van der Waals surface area contributed by atoms with Gasteiger partial charge in [-0.3, -0.25) is 4.79 Å². The predicted molar refractivity (Wildman–Crippen MR) is 133 cm³/mol. The van der Waals surface area contributed by atoms with Gasteiger partial charge in [-0.2, -0.15) is 4.31 Å². The zero-order chi connectivity index (χ0) is 24.8. The highest BCUT2D eigenvalue weighted by atomic mass is 32.2. The second-order valence-corrected chi connectivity index (χ2v) is 11.6. The summed E-state index contributed by atoms with van der Waals surface area (Å²) in [5.41, 5.74) is -0.0164. The van der Waals surface area contributed by atoms with Crippen molar-refractivity contribution in [1.29, 1.82) is 0 Å². The van der Waals surface area contributed by atoms with E-state index in [1.807, 2.05) is 49.4 Å². The Labute approximate surface area is 207 Å². The quantitative estimate of drug-likeness (QED) is 0.398. The van der Waals surface area contributed by atoms with E-state index in [0.717, 1.165) is 24.0 Å². The lowest BCUT2D eigenvalue weighted by Crippen LogP contribution is -2.53. The number of unbranched alkanes of at least 4 members (excludes halogenated alkanes) is 1. The van der Waals surface area contributed by atoms with Crippen LogP contribution in [0.15, 0.2) is 83.8 Å². The van der Waals surface area contributed by atoms with Gasteiger partial charge in [-0.25, -0.2) is 8.42 Å². The van der Waals surface area contributed by atoms with Crippen molar-refractivity contribution in [2.75, 3.05) is 6.54 Å². The molecule has 35 heavy (non-hydrogen) atoms. The smallest absolute Gasteiger partial charge is 0.321 e. The number of aryl methyl sites for hydroxylation is 1. The molecule has 0 radical (unpaired) electrons. The molecule has 0 saturated carbocycles. The summed E-state index contributed by atoms with van der Waals surface area (Å²) in [6.45, 7) is 8.27. The number of rotatable bonds is 8. The van der Waals surface area contributed by atoms with Crippen molar-refractivity contribution in [3.8, 4) is 0 Å². The second kappa shape index (κ2) is 8.73. The number of benzene rings is 2. The molecular weight excluding hydrogens is 462 g/mol. The maximum absolute atomic E-state index is 13.9. The van der Waals surface area contributed by atoms with E-state index in [4.69, 9.17) is 9.47 Å². The maximum Gasteiger partial charge on any atom is 0.321 e. The van der Waals surface area contributed by atoms with Gasteiger partial charge in [0.05, 0.1) is 17.0 Å². The van der Waals surface area contributed by atoms with Crippen molar-refractivity contribution in [1.82, 2.24) is 4.31 Å². The Hall–Kier alpha value is -2.74. The average Bonchev–Trinajstić information content (AvgIpc) is 3.50. The van der Waals surface area contributed by atoms with Gasteiger partial charge in [0.1, 0.15) is 17.6 Å². The van der Waals surface area contributed by atoms with Gasteiger partial charge >= 0.3 is 5.97 Å². The molecule has 0 amide bonds. The van der Waals surface area contributed by atoms with Gasteiger partial charge in [0, 0.05) is 6.54 Å². The van der Waals surface area contributed by atoms with Crippen LogP contribution in [0.4, 0.5) is 0 Å². The zero-order valence-electron chi connectivity index (χ0n) is 20.1. The van der Waals surface area contributed by atoms with Crippen LogP contribution in [-0.2, 0) is 30.9 Å². The van der Waals surface area contributed by atoms with Crippen LogP contribution in [-0.4, -0.2) is 43.0 Å². The van der Waals surface area contributed by atoms with E-state index in [1.54, 1.807) is 24.3 Å². The summed E-state index contributed by atoms with van der Waals surface area (Å²) in [5.74, 6) is -0.485. The summed E-state index contributed by atoms with van der Waals surface area (Å²) < 4.78 is 41.6. The summed E-state index contributed by atoms with van der Waals surface area (Å²) in [6.07, 6.45) is 5.63. The normalized spacial score (nSPS) is 29.5. The first kappa shape index (κ1) is 24.0. The molecule has 1 spiro atoms. The van der Waals surface area contributed by atoms with E-state index in [9.17, 15) is 13.2 Å². The van der Waals surface area contributed by atoms with Crippen LogP contribution in [0, 0.1) is 12.3 Å². The Morgan fingerprint density at radius 2 is 1.89 bits per heavy atom. The molecule has 184 valence electrons. The Balaban J connectivity index is 1.57. The van der Waals surface area contributed by atoms with Crippen LogP contribution in [0.1, 0.15) is 37.3 Å². The van der Waals surface area contributed by atoms with Crippen LogP contribution in [0.5, 0.6) is 0 Å². The van der Waals surface area contributed by atoms with E-state index in [-0.39, 0.29) is 18.0 Å². The van der Waals surface area contributed by atoms with E-state index in [2.05, 4.69) is 13.5 Å². The molecule has 0 aromatic heterocycles. The van der Waals surface area contributed by atoms with Crippen LogP contribution in [0.3, 0.4) is 0 Å². The Morgan fingerprint density at radius 3 is 2.57 bits per heavy atom. The topological polar surface area (TPSA) is 72.9 Å². The van der Waals surface area contributed by atoms with Gasteiger partial charge in [0.15, 0.2) is 0 Å². The van der Waals surface area contributed by atoms with Gasteiger partial charge < -0.3 is 9.47 Å². The summed E-state index contributed by atoms with van der Waals surface area (Å²) in [6, 6.07) is 15.7. The summed E-state index contributed by atoms with van der Waals surface area (Å²) in [7, 11) is -3.90. The van der Waals surface area contributed by atoms with E-state index >= 15 is 0 Å². The van der Waals surface area contributed by atoms with Gasteiger partial charge in [-0.15, -0.1) is 0 Å². The standard InChI is InChI=1S/C28H31NO5S/c1-4-5-11-25-28-17-16-24(34-28)21(3)27(28,26(30)33-18-22-9-7-6-8-10-22)19-29(25)35(31,32)23-14-12-20(2)13-15-23/h6-10,12-17,24-25H,3-5,11,18-19H2,1-2H3/t24-,25-,27-,28-/m0/s1. The van der Waals surface area contributed by atoms with Gasteiger partial charge in [0.2, 0.25) is 10.0 Å². The van der Waals surface area contributed by atoms with Crippen LogP contribution >= 0.6 is 0 Å². The van der Waals surface area contributed by atoms with Gasteiger partial charge in [-0.1, -0.05) is 86.5 Å². The Bertz CT molecular complexity index is 1270. The number of carbonyl (C=O) groups excluding carboxylic acids is 1. The maximum atomic E-state index is 13.9. The molecule has 2 bridgehead atoms. The first-order valence-corrected chi connectivity index (χ1v) is 13.6. The molecule has 0 unspecified atom stereocenters. The van der Waals surface area contributed by atoms with E-state index < -0.39 is 39.2 Å². The monoisotopic (exact) mass is 493 g/mol. The molecule has 2 fully saturated rings. The molecule has 2 aromatic carbocycles. The number of carbonyl (C=O) groups is 1. The summed E-state index contributed by atoms with van der Waals surface area (Å²) in [5, 5.41) is 0. The fourth-order valence-electron chi connectivity index (χ4n) is 5.76. The molecule has 3 aliphatic rings. The largest absolute Gasteiger partial charge is 0.460 e. The number of sulfonamides is 1. The number of hydrogen-bond donors (Lipinski definition) is 0. The molecule has 5 rings (SSSR count). The summed E-state index contributed by atoms with van der Waals surface area (Å²) >= 11 is 0. The second-order valence-electron chi connectivity index (χ2n) is 9.70. The highest BCUT2D eigenvalue weighted by molar-refractivity contribution is 7.89. The third-order valence-corrected chi connectivity index (χ3v) is 9.52. The Morgan fingerprint density at radius 1 is 1.17 bits per heavy atom.